The first-order chi connectivity index (χ1) is 22.3. The van der Waals surface area contributed by atoms with E-state index in [1.165, 1.54) is 89.3 Å². The Labute approximate surface area is 273 Å². The molecule has 1 fully saturated rings. The van der Waals surface area contributed by atoms with Gasteiger partial charge in [-0.15, -0.1) is 0 Å². The molecule has 0 aromatic carbocycles. The van der Waals surface area contributed by atoms with Crippen LogP contribution in [-0.2, 0) is 27.6 Å². The molecule has 2 heterocycles. The number of nitrogens with one attached hydrogen (secondary N) is 1. The molecule has 0 saturated carbocycles. The summed E-state index contributed by atoms with van der Waals surface area (Å²) in [6.45, 7) is 9.50. The van der Waals surface area contributed by atoms with Gasteiger partial charge >= 0.3 is 13.5 Å². The van der Waals surface area contributed by atoms with E-state index < -0.39 is 44.7 Å². The predicted molar refractivity (Wildman–Crippen MR) is 173 cm³/mol. The molecule has 264 valence electrons. The lowest BCUT2D eigenvalue weighted by Gasteiger charge is -2.20. The Bertz CT molecular complexity index is 1090. The Morgan fingerprint density at radius 1 is 0.891 bits per heavy atom. The average Bonchev–Trinajstić information content (AvgIpc) is 3.33. The molecule has 46 heavy (non-hydrogen) atoms. The minimum Gasteiger partial charge on any atom is -0.387 e. The maximum atomic E-state index is 13.2. The Morgan fingerprint density at radius 3 is 2.07 bits per heavy atom. The molecule has 1 aromatic rings. The maximum absolute atomic E-state index is 13.2. The summed E-state index contributed by atoms with van der Waals surface area (Å²) in [6.07, 6.45) is 14.3. The van der Waals surface area contributed by atoms with Crippen LogP contribution in [-0.4, -0.2) is 82.9 Å². The van der Waals surface area contributed by atoms with Crippen LogP contribution in [0.4, 0.5) is 5.82 Å². The molecule has 14 nitrogen and oxygen atoms in total. The zero-order valence-electron chi connectivity index (χ0n) is 27.3. The van der Waals surface area contributed by atoms with E-state index in [2.05, 4.69) is 16.8 Å². The number of unbranched alkanes of at least 4 members (excludes halogenated alkanes) is 13. The fraction of sp³-hybridized carbons (Fsp3) is 0.839. The van der Waals surface area contributed by atoms with Gasteiger partial charge in [-0.1, -0.05) is 90.4 Å². The van der Waals surface area contributed by atoms with Crippen molar-refractivity contribution in [3.63, 3.8) is 0 Å². The molecule has 0 aliphatic carbocycles. The molecule has 1 saturated heterocycles. The number of rotatable bonds is 28. The second-order valence-corrected chi connectivity index (χ2v) is 13.2. The van der Waals surface area contributed by atoms with Gasteiger partial charge in [0, 0.05) is 19.4 Å². The van der Waals surface area contributed by atoms with Gasteiger partial charge in [0.15, 0.2) is 12.0 Å². The fourth-order valence-electron chi connectivity index (χ4n) is 5.08. The average molecular weight is 675 g/mol. The van der Waals surface area contributed by atoms with Crippen LogP contribution in [0.3, 0.4) is 0 Å². The Balaban J connectivity index is 1.60. The van der Waals surface area contributed by atoms with Crippen LogP contribution >= 0.6 is 7.82 Å². The zero-order valence-corrected chi connectivity index (χ0v) is 28.2. The first kappa shape index (κ1) is 40.3. The van der Waals surface area contributed by atoms with Gasteiger partial charge in [0.25, 0.3) is 0 Å². The first-order valence-electron chi connectivity index (χ1n) is 16.8. The molecule has 1 aromatic heterocycles. The van der Waals surface area contributed by atoms with Gasteiger partial charge < -0.3 is 24.5 Å². The lowest BCUT2D eigenvalue weighted by atomic mass is 10.0. The van der Waals surface area contributed by atoms with Crippen molar-refractivity contribution >= 4 is 13.6 Å². The largest absolute Gasteiger partial charge is 0.475 e. The van der Waals surface area contributed by atoms with E-state index in [1.54, 1.807) is 5.48 Å². The monoisotopic (exact) mass is 674 g/mol. The molecular formula is C31H55N4O10P. The summed E-state index contributed by atoms with van der Waals surface area (Å²) < 4.78 is 41.5. The van der Waals surface area contributed by atoms with Crippen molar-refractivity contribution in [3.8, 4) is 0 Å². The van der Waals surface area contributed by atoms with Crippen molar-refractivity contribution in [2.45, 2.75) is 128 Å². The number of aliphatic hydroxyl groups is 2. The number of aliphatic hydroxyl groups excluding tert-OH is 2. The van der Waals surface area contributed by atoms with Crippen molar-refractivity contribution in [2.24, 2.45) is 0 Å². The molecular weight excluding hydrogens is 619 g/mol. The van der Waals surface area contributed by atoms with E-state index in [9.17, 15) is 19.6 Å². The third-order valence-electron chi connectivity index (χ3n) is 7.73. The van der Waals surface area contributed by atoms with Gasteiger partial charge in [0.2, 0.25) is 6.54 Å². The van der Waals surface area contributed by atoms with E-state index in [1.807, 2.05) is 0 Å². The number of hydrogen-bond donors (Lipinski definition) is 4. The molecule has 5 atom stereocenters. The van der Waals surface area contributed by atoms with Gasteiger partial charge in [-0.3, -0.25) is 28.8 Å². The highest BCUT2D eigenvalue weighted by molar-refractivity contribution is 7.48. The highest BCUT2D eigenvalue weighted by atomic mass is 31.2. The highest BCUT2D eigenvalue weighted by Gasteiger charge is 2.45. The number of phosphoric acid groups is 1. The van der Waals surface area contributed by atoms with Crippen LogP contribution in [0.15, 0.2) is 17.1 Å². The third kappa shape index (κ3) is 15.8. The summed E-state index contributed by atoms with van der Waals surface area (Å²) in [7, 11) is -4.14. The van der Waals surface area contributed by atoms with Crippen LogP contribution in [0.1, 0.15) is 109 Å². The fourth-order valence-corrected chi connectivity index (χ4v) is 6.29. The quantitative estimate of drug-likeness (QED) is 0.0374. The lowest BCUT2D eigenvalue weighted by Crippen LogP contribution is -2.36. The van der Waals surface area contributed by atoms with Crippen molar-refractivity contribution in [2.75, 3.05) is 45.1 Å². The maximum Gasteiger partial charge on any atom is 0.475 e. The standard InChI is InChI=1S/C31H55N4O10P/c1-3-4-5-6-7-8-9-10-11-12-13-14-15-16-21-41-22-17-23-42-46(40,43-24-19-32-2)44-25-26-28(36)29(37)30(45-26)35-20-18-27(34-39)33-31(35)38/h18,20,26,28-30,36-37,39H,3-17,19,21-25H2,1H3,(H,33,34,38)/t26-,28+,29?,30-,46?/m1/s1. The van der Waals surface area contributed by atoms with E-state index >= 15 is 0 Å². The van der Waals surface area contributed by atoms with Gasteiger partial charge in [-0.05, 0) is 18.9 Å². The van der Waals surface area contributed by atoms with Crippen LogP contribution in [0.5, 0.6) is 0 Å². The number of hydrogen-bond acceptors (Lipinski definition) is 12. The van der Waals surface area contributed by atoms with Crippen LogP contribution < -0.4 is 11.2 Å². The van der Waals surface area contributed by atoms with Crippen LogP contribution in [0.2, 0.25) is 0 Å². The molecule has 0 amide bonds. The van der Waals surface area contributed by atoms with E-state index in [4.69, 9.17) is 34.8 Å². The van der Waals surface area contributed by atoms with Crippen molar-refractivity contribution in [1.82, 2.24) is 9.55 Å². The molecule has 2 rings (SSSR count). The van der Waals surface area contributed by atoms with Crippen molar-refractivity contribution < 1.29 is 43.0 Å². The second kappa shape index (κ2) is 24.3. The van der Waals surface area contributed by atoms with Gasteiger partial charge in [0.05, 0.1) is 13.2 Å². The number of nitrogens with zero attached hydrogens (tertiary/aromatic N) is 3. The summed E-state index contributed by atoms with van der Waals surface area (Å²) in [5.74, 6) is -0.107. The van der Waals surface area contributed by atoms with Gasteiger partial charge in [-0.2, -0.15) is 4.98 Å². The molecule has 0 spiro atoms. The van der Waals surface area contributed by atoms with Crippen LogP contribution in [0.25, 0.3) is 4.85 Å². The smallest absolute Gasteiger partial charge is 0.387 e. The summed E-state index contributed by atoms with van der Waals surface area (Å²) in [6, 6.07) is 1.27. The van der Waals surface area contributed by atoms with Crippen molar-refractivity contribution in [3.05, 3.63) is 34.2 Å². The van der Waals surface area contributed by atoms with E-state index in [-0.39, 0.29) is 25.6 Å². The Hall–Kier alpha value is -1.92. The SMILES string of the molecule is [C-]#[N+]CCOP(=O)(OCCCOCCCCCCCCCCCCCCCC)OC[C@H]1O[C@@H](n2ccc(NO)nc2=O)C(O)[C@H]1O. The minimum atomic E-state index is -4.14. The Morgan fingerprint density at radius 2 is 1.48 bits per heavy atom. The normalized spacial score (nSPS) is 20.8. The number of phosphoric ester groups is 1. The molecule has 15 heteroatoms. The number of aromatic nitrogens is 2. The van der Waals surface area contributed by atoms with Gasteiger partial charge in [-0.25, -0.2) is 15.9 Å². The summed E-state index contributed by atoms with van der Waals surface area (Å²) >= 11 is 0. The first-order valence-corrected chi connectivity index (χ1v) is 18.3. The second-order valence-electron chi connectivity index (χ2n) is 11.5. The highest BCUT2D eigenvalue weighted by Crippen LogP contribution is 2.50. The molecule has 1 aliphatic rings. The number of anilines is 1. The molecule has 4 N–H and O–H groups in total. The molecule has 0 radical (unpaired) electrons. The molecule has 0 bridgehead atoms. The topological polar surface area (TPSA) is 175 Å². The summed E-state index contributed by atoms with van der Waals surface area (Å²) in [4.78, 5) is 19.0. The summed E-state index contributed by atoms with van der Waals surface area (Å²) in [5.41, 5.74) is 0.895. The van der Waals surface area contributed by atoms with Crippen molar-refractivity contribution in [1.29, 1.82) is 0 Å². The van der Waals surface area contributed by atoms with E-state index in [0.717, 1.165) is 17.4 Å². The summed E-state index contributed by atoms with van der Waals surface area (Å²) in [5, 5.41) is 29.8. The molecule has 2 unspecified atom stereocenters. The Kier molecular flexibility index (Phi) is 21.2. The lowest BCUT2D eigenvalue weighted by molar-refractivity contribution is -0.0563. The van der Waals surface area contributed by atoms with Crippen LogP contribution in [0, 0.1) is 6.57 Å². The van der Waals surface area contributed by atoms with Gasteiger partial charge in [0.1, 0.15) is 24.9 Å². The number of ether oxygens (including phenoxy) is 2. The zero-order chi connectivity index (χ0) is 33.5. The third-order valence-corrected chi connectivity index (χ3v) is 9.19. The van der Waals surface area contributed by atoms with E-state index in [0.29, 0.717) is 19.6 Å². The molecule has 1 aliphatic heterocycles. The predicted octanol–water partition coefficient (Wildman–Crippen LogP) is 5.63. The minimum absolute atomic E-state index is 0.0136.